The van der Waals surface area contributed by atoms with Gasteiger partial charge in [-0.05, 0) is 25.3 Å². The average Bonchev–Trinajstić information content (AvgIpc) is 3.19. The van der Waals surface area contributed by atoms with Crippen molar-refractivity contribution in [3.63, 3.8) is 0 Å². The van der Waals surface area contributed by atoms with Crippen LogP contribution in [0.5, 0.6) is 5.88 Å². The third-order valence-corrected chi connectivity index (χ3v) is 4.73. The maximum Gasteiger partial charge on any atom is 0.241 e. The summed E-state index contributed by atoms with van der Waals surface area (Å²) in [5.74, 6) is 4.19. The second kappa shape index (κ2) is 6.44. The molecule has 0 amide bonds. The highest BCUT2D eigenvalue weighted by Crippen LogP contribution is 2.23. The van der Waals surface area contributed by atoms with Gasteiger partial charge in [0, 0.05) is 29.6 Å². The van der Waals surface area contributed by atoms with Crippen molar-refractivity contribution in [2.75, 3.05) is 25.7 Å². The lowest BCUT2D eigenvalue weighted by molar-refractivity contribution is 0.218. The van der Waals surface area contributed by atoms with Crippen LogP contribution in [0.15, 0.2) is 22.9 Å². The van der Waals surface area contributed by atoms with Crippen molar-refractivity contribution in [2.45, 2.75) is 19.0 Å². The highest BCUT2D eigenvalue weighted by Gasteiger charge is 2.21. The van der Waals surface area contributed by atoms with E-state index >= 15 is 0 Å². The van der Waals surface area contributed by atoms with Crippen molar-refractivity contribution in [3.8, 4) is 17.3 Å². The van der Waals surface area contributed by atoms with Crippen LogP contribution < -0.4 is 4.74 Å². The molecule has 0 saturated carbocycles. The number of pyridine rings is 1. The van der Waals surface area contributed by atoms with Gasteiger partial charge >= 0.3 is 0 Å². The molecule has 1 aliphatic heterocycles. The van der Waals surface area contributed by atoms with Crippen molar-refractivity contribution < 1.29 is 9.26 Å². The Bertz CT molecular complexity index is 581. The Morgan fingerprint density at radius 1 is 1.48 bits per heavy atom. The van der Waals surface area contributed by atoms with Gasteiger partial charge in [-0.25, -0.2) is 4.98 Å². The van der Waals surface area contributed by atoms with Gasteiger partial charge < -0.3 is 9.26 Å². The van der Waals surface area contributed by atoms with Crippen LogP contribution in [0, 0.1) is 0 Å². The summed E-state index contributed by atoms with van der Waals surface area (Å²) < 4.78 is 10.4. The minimum absolute atomic E-state index is 0.564. The van der Waals surface area contributed by atoms with Crippen LogP contribution in [0.25, 0.3) is 11.4 Å². The third kappa shape index (κ3) is 3.36. The van der Waals surface area contributed by atoms with E-state index in [1.54, 1.807) is 19.4 Å². The van der Waals surface area contributed by atoms with Crippen molar-refractivity contribution in [3.05, 3.63) is 24.2 Å². The minimum atomic E-state index is 0.564. The Kier molecular flexibility index (Phi) is 4.40. The molecule has 0 aromatic carbocycles. The van der Waals surface area contributed by atoms with Crippen LogP contribution in [0.2, 0.25) is 0 Å². The topological polar surface area (TPSA) is 64.3 Å². The van der Waals surface area contributed by atoms with Crippen molar-refractivity contribution >= 4 is 11.8 Å². The Morgan fingerprint density at radius 2 is 2.38 bits per heavy atom. The Labute approximate surface area is 127 Å². The molecule has 7 heteroatoms. The van der Waals surface area contributed by atoms with Crippen molar-refractivity contribution in [1.29, 1.82) is 0 Å². The average molecular weight is 306 g/mol. The second-order valence-corrected chi connectivity index (χ2v) is 6.18. The lowest BCUT2D eigenvalue weighted by Gasteiger charge is -2.21. The molecule has 3 heterocycles. The number of thioether (sulfide) groups is 1. The second-order valence-electron chi connectivity index (χ2n) is 5.03. The molecule has 2 aromatic rings. The number of aromatic nitrogens is 3. The molecule has 3 rings (SSSR count). The zero-order valence-electron chi connectivity index (χ0n) is 12.2. The Balaban J connectivity index is 1.67. The largest absolute Gasteiger partial charge is 0.481 e. The molecule has 21 heavy (non-hydrogen) atoms. The maximum atomic E-state index is 5.34. The van der Waals surface area contributed by atoms with Gasteiger partial charge in [-0.1, -0.05) is 5.16 Å². The van der Waals surface area contributed by atoms with Crippen LogP contribution >= 0.6 is 11.8 Å². The van der Waals surface area contributed by atoms with Gasteiger partial charge in [-0.2, -0.15) is 16.7 Å². The molecule has 1 unspecified atom stereocenters. The molecular weight excluding hydrogens is 288 g/mol. The first kappa shape index (κ1) is 14.3. The number of hydrogen-bond acceptors (Lipinski definition) is 7. The van der Waals surface area contributed by atoms with E-state index in [9.17, 15) is 0 Å². The van der Waals surface area contributed by atoms with Gasteiger partial charge in [-0.3, -0.25) is 4.90 Å². The summed E-state index contributed by atoms with van der Waals surface area (Å²) in [5.41, 5.74) is 0.824. The van der Waals surface area contributed by atoms with Crippen LogP contribution in [0.1, 0.15) is 12.3 Å². The summed E-state index contributed by atoms with van der Waals surface area (Å²) in [5, 5.41) is 4.02. The van der Waals surface area contributed by atoms with Gasteiger partial charge in [0.05, 0.1) is 13.7 Å². The maximum absolute atomic E-state index is 5.34. The summed E-state index contributed by atoms with van der Waals surface area (Å²) in [6.07, 6.45) is 2.91. The van der Waals surface area contributed by atoms with E-state index in [-0.39, 0.29) is 0 Å². The fourth-order valence-corrected chi connectivity index (χ4v) is 3.58. The van der Waals surface area contributed by atoms with Gasteiger partial charge in [0.25, 0.3) is 0 Å². The Hall–Kier alpha value is -1.60. The van der Waals surface area contributed by atoms with Crippen LogP contribution in [-0.2, 0) is 6.54 Å². The summed E-state index contributed by atoms with van der Waals surface area (Å²) >= 11 is 2.00. The first-order valence-corrected chi connectivity index (χ1v) is 8.02. The molecule has 0 N–H and O–H groups in total. The molecule has 1 saturated heterocycles. The predicted octanol–water partition coefficient (Wildman–Crippen LogP) is 2.08. The van der Waals surface area contributed by atoms with Gasteiger partial charge in [-0.15, -0.1) is 0 Å². The van der Waals surface area contributed by atoms with Gasteiger partial charge in [0.15, 0.2) is 0 Å². The Morgan fingerprint density at radius 3 is 3.05 bits per heavy atom. The zero-order chi connectivity index (χ0) is 14.7. The molecule has 1 atom stereocenters. The number of hydrogen-bond donors (Lipinski definition) is 0. The molecule has 112 valence electrons. The number of methoxy groups -OCH3 is 1. The fourth-order valence-electron chi connectivity index (χ4n) is 2.28. The van der Waals surface area contributed by atoms with E-state index in [1.807, 2.05) is 17.8 Å². The highest BCUT2D eigenvalue weighted by atomic mass is 32.2. The van der Waals surface area contributed by atoms with Gasteiger partial charge in [0.2, 0.25) is 17.6 Å². The fraction of sp³-hybridized carbons (Fsp3) is 0.500. The third-order valence-electron chi connectivity index (χ3n) is 3.59. The van der Waals surface area contributed by atoms with Crippen LogP contribution in [-0.4, -0.2) is 51.7 Å². The highest BCUT2D eigenvalue weighted by molar-refractivity contribution is 7.99. The van der Waals surface area contributed by atoms with E-state index < -0.39 is 0 Å². The number of rotatable bonds is 5. The summed E-state index contributed by atoms with van der Waals surface area (Å²) in [6.45, 7) is 0.682. The zero-order valence-corrected chi connectivity index (χ0v) is 13.0. The molecule has 1 fully saturated rings. The number of ether oxygens (including phenoxy) is 1. The quantitative estimate of drug-likeness (QED) is 0.838. The normalized spacial score (nSPS) is 18.3. The molecule has 0 spiro atoms. The minimum Gasteiger partial charge on any atom is -0.481 e. The molecule has 1 aliphatic rings. The predicted molar refractivity (Wildman–Crippen MR) is 81.3 cm³/mol. The molecular formula is C14H18N4O2S. The van der Waals surface area contributed by atoms with E-state index in [2.05, 4.69) is 27.1 Å². The SMILES string of the molecule is COc1ccc(-c2noc(CN(C)C3CCSC3)n2)cn1. The first-order chi connectivity index (χ1) is 10.3. The van der Waals surface area contributed by atoms with Crippen LogP contribution in [0.3, 0.4) is 0 Å². The molecule has 6 nitrogen and oxygen atoms in total. The van der Waals surface area contributed by atoms with Crippen LogP contribution in [0.4, 0.5) is 0 Å². The summed E-state index contributed by atoms with van der Waals surface area (Å²) in [7, 11) is 3.70. The van der Waals surface area contributed by atoms with Crippen molar-refractivity contribution in [1.82, 2.24) is 20.0 Å². The molecule has 0 radical (unpaired) electrons. The summed E-state index contributed by atoms with van der Waals surface area (Å²) in [6, 6.07) is 4.26. The standard InChI is InChI=1S/C14H18N4O2S/c1-18(11-5-6-21-9-11)8-13-16-14(17-20-13)10-3-4-12(19-2)15-7-10/h3-4,7,11H,5-6,8-9H2,1-2H3. The van der Waals surface area contributed by atoms with E-state index in [1.165, 1.54) is 17.9 Å². The number of nitrogens with zero attached hydrogens (tertiary/aromatic N) is 4. The smallest absolute Gasteiger partial charge is 0.241 e. The monoisotopic (exact) mass is 306 g/mol. The van der Waals surface area contributed by atoms with E-state index in [0.29, 0.717) is 30.2 Å². The van der Waals surface area contributed by atoms with Crippen molar-refractivity contribution in [2.24, 2.45) is 0 Å². The lowest BCUT2D eigenvalue weighted by Crippen LogP contribution is -2.30. The molecule has 0 aliphatic carbocycles. The van der Waals surface area contributed by atoms with Gasteiger partial charge in [0.1, 0.15) is 0 Å². The van der Waals surface area contributed by atoms with E-state index in [0.717, 1.165) is 5.56 Å². The molecule has 2 aromatic heterocycles. The lowest BCUT2D eigenvalue weighted by atomic mass is 10.2. The first-order valence-electron chi connectivity index (χ1n) is 6.87. The summed E-state index contributed by atoms with van der Waals surface area (Å²) in [4.78, 5) is 10.9. The molecule has 0 bridgehead atoms. The van der Waals surface area contributed by atoms with E-state index in [4.69, 9.17) is 9.26 Å².